The number of hydrogen-bond acceptors (Lipinski definition) is 11. The topological polar surface area (TPSA) is 168 Å². The molecular formula is C19H28O11. The Hall–Kier alpha value is -1.38. The molecule has 1 aromatic carbocycles. The first-order chi connectivity index (χ1) is 14.3. The van der Waals surface area contributed by atoms with Crippen LogP contribution in [-0.2, 0) is 25.6 Å². The molecule has 3 rings (SSSR count). The molecule has 0 bridgehead atoms. The number of ether oxygens (including phenoxy) is 5. The maximum absolute atomic E-state index is 10.2. The summed E-state index contributed by atoms with van der Waals surface area (Å²) >= 11 is 0. The molecule has 1 aromatic rings. The van der Waals surface area contributed by atoms with Crippen molar-refractivity contribution < 1.29 is 54.3 Å². The van der Waals surface area contributed by atoms with Crippen molar-refractivity contribution >= 4 is 0 Å². The Labute approximate surface area is 172 Å². The molecular weight excluding hydrogens is 404 g/mol. The largest absolute Gasteiger partial charge is 0.497 e. The van der Waals surface area contributed by atoms with Crippen molar-refractivity contribution in [3.05, 3.63) is 29.8 Å². The molecule has 2 aliphatic rings. The minimum atomic E-state index is -1.85. The van der Waals surface area contributed by atoms with Crippen LogP contribution in [0.4, 0.5) is 0 Å². The van der Waals surface area contributed by atoms with Gasteiger partial charge in [-0.1, -0.05) is 12.1 Å². The first kappa shape index (κ1) is 23.3. The van der Waals surface area contributed by atoms with Crippen LogP contribution in [0, 0.1) is 0 Å². The van der Waals surface area contributed by atoms with Crippen molar-refractivity contribution in [2.24, 2.45) is 0 Å². The Morgan fingerprint density at radius 1 is 1.00 bits per heavy atom. The van der Waals surface area contributed by atoms with Gasteiger partial charge < -0.3 is 54.3 Å². The maximum atomic E-state index is 10.2. The van der Waals surface area contributed by atoms with Crippen LogP contribution in [0.5, 0.6) is 5.75 Å². The summed E-state index contributed by atoms with van der Waals surface area (Å²) in [7, 11) is 1.55. The summed E-state index contributed by atoms with van der Waals surface area (Å²) in [6.45, 7) is -1.33. The van der Waals surface area contributed by atoms with Gasteiger partial charge in [0.2, 0.25) is 0 Å². The third-order valence-electron chi connectivity index (χ3n) is 5.25. The van der Waals surface area contributed by atoms with Gasteiger partial charge in [0.15, 0.2) is 12.6 Å². The Bertz CT molecular complexity index is 671. The smallest absolute Gasteiger partial charge is 0.187 e. The zero-order chi connectivity index (χ0) is 21.9. The fraction of sp³-hybridized carbons (Fsp3) is 0.684. The highest BCUT2D eigenvalue weighted by Crippen LogP contribution is 2.28. The molecule has 0 radical (unpaired) electrons. The highest BCUT2D eigenvalue weighted by molar-refractivity contribution is 5.26. The van der Waals surface area contributed by atoms with E-state index in [2.05, 4.69) is 0 Å². The Morgan fingerprint density at radius 2 is 1.70 bits per heavy atom. The van der Waals surface area contributed by atoms with Gasteiger partial charge in [0.25, 0.3) is 0 Å². The SMILES string of the molecule is COc1ccc(CO[C@@H]2O[C@H](CO[C@@H]3OC[C@](O)(CO)[C@H]3O)[C@@H](O)[C@H](O)[C@H]2O)cc1. The number of aliphatic hydroxyl groups is 6. The first-order valence-electron chi connectivity index (χ1n) is 9.48. The van der Waals surface area contributed by atoms with Gasteiger partial charge in [0.1, 0.15) is 41.9 Å². The van der Waals surface area contributed by atoms with E-state index in [4.69, 9.17) is 28.8 Å². The van der Waals surface area contributed by atoms with E-state index in [9.17, 15) is 25.5 Å². The molecule has 2 aliphatic heterocycles. The van der Waals surface area contributed by atoms with Gasteiger partial charge in [0.05, 0.1) is 33.5 Å². The zero-order valence-electron chi connectivity index (χ0n) is 16.4. The minimum absolute atomic E-state index is 0.0656. The Morgan fingerprint density at radius 3 is 2.30 bits per heavy atom. The molecule has 0 amide bonds. The van der Waals surface area contributed by atoms with E-state index in [-0.39, 0.29) is 19.8 Å². The summed E-state index contributed by atoms with van der Waals surface area (Å²) < 4.78 is 26.6. The van der Waals surface area contributed by atoms with Crippen molar-refractivity contribution in [1.29, 1.82) is 0 Å². The molecule has 8 atom stereocenters. The lowest BCUT2D eigenvalue weighted by atomic mass is 9.99. The van der Waals surface area contributed by atoms with E-state index < -0.39 is 55.3 Å². The third kappa shape index (κ3) is 4.92. The van der Waals surface area contributed by atoms with E-state index >= 15 is 0 Å². The van der Waals surface area contributed by atoms with Gasteiger partial charge in [-0.3, -0.25) is 0 Å². The van der Waals surface area contributed by atoms with Crippen LogP contribution >= 0.6 is 0 Å². The molecule has 170 valence electrons. The van der Waals surface area contributed by atoms with Gasteiger partial charge in [-0.15, -0.1) is 0 Å². The summed E-state index contributed by atoms with van der Waals surface area (Å²) in [6, 6.07) is 7.02. The van der Waals surface area contributed by atoms with Crippen LogP contribution in [0.3, 0.4) is 0 Å². The Balaban J connectivity index is 1.56. The lowest BCUT2D eigenvalue weighted by Crippen LogP contribution is -2.59. The van der Waals surface area contributed by atoms with Crippen LogP contribution in [-0.4, -0.2) is 106 Å². The molecule has 2 heterocycles. The molecule has 0 aromatic heterocycles. The molecule has 0 unspecified atom stereocenters. The molecule has 2 saturated heterocycles. The summed E-state index contributed by atoms with van der Waals surface area (Å²) in [5.41, 5.74) is -1.08. The van der Waals surface area contributed by atoms with Gasteiger partial charge in [-0.25, -0.2) is 0 Å². The Kier molecular flexibility index (Phi) is 7.63. The van der Waals surface area contributed by atoms with Crippen molar-refractivity contribution in [3.63, 3.8) is 0 Å². The van der Waals surface area contributed by atoms with Crippen molar-refractivity contribution in [2.45, 2.75) is 55.3 Å². The second kappa shape index (κ2) is 9.83. The second-order valence-corrected chi connectivity index (χ2v) is 7.39. The third-order valence-corrected chi connectivity index (χ3v) is 5.25. The molecule has 6 N–H and O–H groups in total. The van der Waals surface area contributed by atoms with Gasteiger partial charge in [-0.05, 0) is 17.7 Å². The van der Waals surface area contributed by atoms with E-state index in [0.29, 0.717) is 5.75 Å². The monoisotopic (exact) mass is 432 g/mol. The standard InChI is InChI=1S/C19H28O11/c1-26-11-4-2-10(3-5-11)6-27-17-15(23)14(22)13(21)12(30-17)7-28-18-16(24)19(25,8-20)9-29-18/h2-5,12-18,20-25H,6-9H2,1H3/t12-,13-,14+,15-,16+,17-,18-,19-/m1/s1. The van der Waals surface area contributed by atoms with E-state index in [1.54, 1.807) is 31.4 Å². The molecule has 11 heteroatoms. The molecule has 30 heavy (non-hydrogen) atoms. The molecule has 0 spiro atoms. The number of methoxy groups -OCH3 is 1. The molecule has 0 aliphatic carbocycles. The lowest BCUT2D eigenvalue weighted by Gasteiger charge is -2.40. The highest BCUT2D eigenvalue weighted by Gasteiger charge is 2.50. The maximum Gasteiger partial charge on any atom is 0.187 e. The lowest BCUT2D eigenvalue weighted by molar-refractivity contribution is -0.312. The van der Waals surface area contributed by atoms with Gasteiger partial charge >= 0.3 is 0 Å². The van der Waals surface area contributed by atoms with Crippen molar-refractivity contribution in [1.82, 2.24) is 0 Å². The predicted molar refractivity (Wildman–Crippen MR) is 98.2 cm³/mol. The molecule has 11 nitrogen and oxygen atoms in total. The van der Waals surface area contributed by atoms with Crippen LogP contribution in [0.2, 0.25) is 0 Å². The number of hydrogen-bond donors (Lipinski definition) is 6. The zero-order valence-corrected chi connectivity index (χ0v) is 16.4. The summed E-state index contributed by atoms with van der Waals surface area (Å²) in [5.74, 6) is 0.674. The van der Waals surface area contributed by atoms with Crippen LogP contribution in [0.25, 0.3) is 0 Å². The van der Waals surface area contributed by atoms with Gasteiger partial charge in [0, 0.05) is 0 Å². The van der Waals surface area contributed by atoms with Gasteiger partial charge in [-0.2, -0.15) is 0 Å². The summed E-state index contributed by atoms with van der Waals surface area (Å²) in [6.07, 6.45) is -9.68. The average molecular weight is 432 g/mol. The highest BCUT2D eigenvalue weighted by atomic mass is 16.7. The minimum Gasteiger partial charge on any atom is -0.497 e. The van der Waals surface area contributed by atoms with Crippen molar-refractivity contribution in [3.8, 4) is 5.75 Å². The quantitative estimate of drug-likeness (QED) is 0.256. The summed E-state index contributed by atoms with van der Waals surface area (Å²) in [4.78, 5) is 0. The number of rotatable bonds is 8. The fourth-order valence-corrected chi connectivity index (χ4v) is 3.22. The number of benzene rings is 1. The fourth-order valence-electron chi connectivity index (χ4n) is 3.22. The average Bonchev–Trinajstić information content (AvgIpc) is 3.05. The van der Waals surface area contributed by atoms with E-state index in [1.807, 2.05) is 0 Å². The normalized spacial score (nSPS) is 39.2. The van der Waals surface area contributed by atoms with Crippen molar-refractivity contribution in [2.75, 3.05) is 26.9 Å². The van der Waals surface area contributed by atoms with E-state index in [1.165, 1.54) is 0 Å². The van der Waals surface area contributed by atoms with Crippen LogP contribution in [0.15, 0.2) is 24.3 Å². The predicted octanol–water partition coefficient (Wildman–Crippen LogP) is -2.52. The molecule has 2 fully saturated rings. The number of aliphatic hydroxyl groups excluding tert-OH is 5. The summed E-state index contributed by atoms with van der Waals surface area (Å²) in [5, 5.41) is 59.6. The molecule has 0 saturated carbocycles. The first-order valence-corrected chi connectivity index (χ1v) is 9.48. The van der Waals surface area contributed by atoms with Crippen LogP contribution < -0.4 is 4.74 Å². The second-order valence-electron chi connectivity index (χ2n) is 7.39. The van der Waals surface area contributed by atoms with Crippen LogP contribution in [0.1, 0.15) is 5.56 Å². The van der Waals surface area contributed by atoms with E-state index in [0.717, 1.165) is 5.56 Å².